The second-order valence-electron chi connectivity index (χ2n) is 3.84. The van der Waals surface area contributed by atoms with E-state index in [-0.39, 0.29) is 5.78 Å². The van der Waals surface area contributed by atoms with Gasteiger partial charge in [-0.3, -0.25) is 4.79 Å². The summed E-state index contributed by atoms with van der Waals surface area (Å²) in [5.74, 6) is -0.00407. The van der Waals surface area contributed by atoms with Gasteiger partial charge in [-0.15, -0.1) is 0 Å². The zero-order valence-corrected chi connectivity index (χ0v) is 8.24. The molecular weight excluding hydrogens is 166 g/mol. The van der Waals surface area contributed by atoms with Crippen molar-refractivity contribution in [2.24, 2.45) is 18.2 Å². The van der Waals surface area contributed by atoms with Gasteiger partial charge in [0.2, 0.25) is 0 Å². The topological polar surface area (TPSA) is 60.9 Å². The van der Waals surface area contributed by atoms with Crippen LogP contribution in [0.1, 0.15) is 24.3 Å². The van der Waals surface area contributed by atoms with Crippen LogP contribution in [0.15, 0.2) is 12.5 Å². The van der Waals surface area contributed by atoms with Crippen molar-refractivity contribution < 1.29 is 4.79 Å². The number of nitrogens with zero attached hydrogens (tertiary/aromatic N) is 2. The highest BCUT2D eigenvalue weighted by Crippen LogP contribution is 2.18. The minimum atomic E-state index is -0.519. The van der Waals surface area contributed by atoms with Crippen molar-refractivity contribution >= 4 is 5.78 Å². The van der Waals surface area contributed by atoms with Gasteiger partial charge in [0.25, 0.3) is 0 Å². The number of ketones is 1. The molecule has 1 heterocycles. The van der Waals surface area contributed by atoms with E-state index in [0.29, 0.717) is 12.2 Å². The summed E-state index contributed by atoms with van der Waals surface area (Å²) in [7, 11) is 1.83. The van der Waals surface area contributed by atoms with E-state index in [4.69, 9.17) is 5.73 Å². The molecule has 0 aliphatic carbocycles. The van der Waals surface area contributed by atoms with Crippen LogP contribution >= 0.6 is 0 Å². The number of aromatic nitrogens is 2. The summed E-state index contributed by atoms with van der Waals surface area (Å²) in [6, 6.07) is 0. The van der Waals surface area contributed by atoms with Crippen LogP contribution in [0.25, 0.3) is 0 Å². The number of carbonyl (C=O) groups is 1. The second-order valence-corrected chi connectivity index (χ2v) is 3.84. The number of imidazole rings is 1. The van der Waals surface area contributed by atoms with Crippen molar-refractivity contribution in [3.63, 3.8) is 0 Å². The van der Waals surface area contributed by atoms with Gasteiger partial charge in [-0.25, -0.2) is 4.98 Å². The molecule has 0 unspecified atom stereocenters. The average Bonchev–Trinajstić information content (AvgIpc) is 2.50. The predicted molar refractivity (Wildman–Crippen MR) is 50.4 cm³/mol. The van der Waals surface area contributed by atoms with Gasteiger partial charge in [0.05, 0.1) is 6.33 Å². The zero-order chi connectivity index (χ0) is 10.1. The quantitative estimate of drug-likeness (QED) is 0.694. The number of rotatable bonds is 3. The fourth-order valence-electron chi connectivity index (χ4n) is 0.969. The van der Waals surface area contributed by atoms with Crippen LogP contribution < -0.4 is 5.73 Å². The van der Waals surface area contributed by atoms with Crippen LogP contribution in [0, 0.1) is 5.41 Å². The number of carbonyl (C=O) groups excluding carboxylic acids is 1. The summed E-state index contributed by atoms with van der Waals surface area (Å²) in [5.41, 5.74) is 5.46. The molecule has 0 spiro atoms. The van der Waals surface area contributed by atoms with E-state index >= 15 is 0 Å². The van der Waals surface area contributed by atoms with Crippen LogP contribution in [0.5, 0.6) is 0 Å². The predicted octanol–water partition coefficient (Wildman–Crippen LogP) is 0.588. The van der Waals surface area contributed by atoms with E-state index in [2.05, 4.69) is 4.98 Å². The molecule has 0 aromatic carbocycles. The third-order valence-corrected chi connectivity index (χ3v) is 2.06. The molecule has 72 valence electrons. The number of aryl methyl sites for hydroxylation is 1. The molecule has 1 rings (SSSR count). The van der Waals surface area contributed by atoms with Crippen LogP contribution in [-0.4, -0.2) is 21.9 Å². The molecule has 1 aromatic rings. The average molecular weight is 181 g/mol. The van der Waals surface area contributed by atoms with Crippen molar-refractivity contribution in [2.75, 3.05) is 6.54 Å². The third kappa shape index (κ3) is 1.95. The van der Waals surface area contributed by atoms with Gasteiger partial charge in [-0.05, 0) is 0 Å². The van der Waals surface area contributed by atoms with E-state index in [1.54, 1.807) is 17.1 Å². The molecule has 0 amide bonds. The number of nitrogens with two attached hydrogens (primary N) is 1. The Hall–Kier alpha value is -1.16. The first-order valence-electron chi connectivity index (χ1n) is 4.20. The Morgan fingerprint density at radius 3 is 2.69 bits per heavy atom. The normalized spacial score (nSPS) is 11.7. The highest BCUT2D eigenvalue weighted by Gasteiger charge is 2.28. The lowest BCUT2D eigenvalue weighted by molar-refractivity contribution is 0.0842. The van der Waals surface area contributed by atoms with E-state index in [9.17, 15) is 4.79 Å². The summed E-state index contributed by atoms with van der Waals surface area (Å²) in [6.07, 6.45) is 3.32. The molecule has 0 saturated heterocycles. The number of Topliss-reactive ketones (excluding diaryl/α,β-unsaturated/α-hetero) is 1. The molecule has 0 atom stereocenters. The van der Waals surface area contributed by atoms with Crippen molar-refractivity contribution in [2.45, 2.75) is 13.8 Å². The standard InChI is InChI=1S/C9H15N3O/c1-9(2,5-10)8(13)7-4-12(3)6-11-7/h4,6H,5,10H2,1-3H3. The van der Waals surface area contributed by atoms with Crippen molar-refractivity contribution in [1.82, 2.24) is 9.55 Å². The van der Waals surface area contributed by atoms with E-state index in [0.717, 1.165) is 0 Å². The van der Waals surface area contributed by atoms with Gasteiger partial charge in [0.15, 0.2) is 5.78 Å². The van der Waals surface area contributed by atoms with Crippen molar-refractivity contribution in [3.8, 4) is 0 Å². The van der Waals surface area contributed by atoms with Gasteiger partial charge in [-0.1, -0.05) is 13.8 Å². The molecule has 0 bridgehead atoms. The first kappa shape index (κ1) is 9.92. The Balaban J connectivity index is 2.91. The van der Waals surface area contributed by atoms with Crippen LogP contribution in [0.4, 0.5) is 0 Å². The maximum atomic E-state index is 11.8. The van der Waals surface area contributed by atoms with Crippen LogP contribution in [0.2, 0.25) is 0 Å². The lowest BCUT2D eigenvalue weighted by atomic mass is 9.87. The lowest BCUT2D eigenvalue weighted by Gasteiger charge is -2.18. The fourth-order valence-corrected chi connectivity index (χ4v) is 0.969. The SMILES string of the molecule is Cn1cnc(C(=O)C(C)(C)CN)c1. The maximum Gasteiger partial charge on any atom is 0.189 e. The van der Waals surface area contributed by atoms with Crippen molar-refractivity contribution in [3.05, 3.63) is 18.2 Å². The summed E-state index contributed by atoms with van der Waals surface area (Å²) >= 11 is 0. The first-order chi connectivity index (χ1) is 5.97. The van der Waals surface area contributed by atoms with E-state index in [1.807, 2.05) is 20.9 Å². The summed E-state index contributed by atoms with van der Waals surface area (Å²) in [5, 5.41) is 0. The molecule has 0 saturated carbocycles. The van der Waals surface area contributed by atoms with Gasteiger partial charge < -0.3 is 10.3 Å². The first-order valence-corrected chi connectivity index (χ1v) is 4.20. The number of hydrogen-bond acceptors (Lipinski definition) is 3. The monoisotopic (exact) mass is 181 g/mol. The molecule has 13 heavy (non-hydrogen) atoms. The van der Waals surface area contributed by atoms with E-state index in [1.165, 1.54) is 0 Å². The smallest absolute Gasteiger partial charge is 0.189 e. The van der Waals surface area contributed by atoms with Gasteiger partial charge in [-0.2, -0.15) is 0 Å². The minimum absolute atomic E-state index is 0.00407. The lowest BCUT2D eigenvalue weighted by Crippen LogP contribution is -2.32. The highest BCUT2D eigenvalue weighted by molar-refractivity contribution is 5.98. The minimum Gasteiger partial charge on any atom is -0.340 e. The zero-order valence-electron chi connectivity index (χ0n) is 8.24. The molecule has 2 N–H and O–H groups in total. The Morgan fingerprint density at radius 2 is 2.31 bits per heavy atom. The highest BCUT2D eigenvalue weighted by atomic mass is 16.1. The van der Waals surface area contributed by atoms with E-state index < -0.39 is 5.41 Å². The Morgan fingerprint density at radius 1 is 1.69 bits per heavy atom. The van der Waals surface area contributed by atoms with Gasteiger partial charge in [0.1, 0.15) is 5.69 Å². The molecule has 4 nitrogen and oxygen atoms in total. The molecule has 4 heteroatoms. The third-order valence-electron chi connectivity index (χ3n) is 2.06. The van der Waals surface area contributed by atoms with Crippen molar-refractivity contribution in [1.29, 1.82) is 0 Å². The Bertz CT molecular complexity index is 314. The molecule has 0 radical (unpaired) electrons. The molecule has 0 aliphatic rings. The second kappa shape index (κ2) is 3.30. The Kier molecular flexibility index (Phi) is 2.52. The molecule has 0 fully saturated rings. The summed E-state index contributed by atoms with van der Waals surface area (Å²) in [4.78, 5) is 15.7. The fraction of sp³-hybridized carbons (Fsp3) is 0.556. The molecule has 0 aliphatic heterocycles. The summed E-state index contributed by atoms with van der Waals surface area (Å²) in [6.45, 7) is 3.98. The van der Waals surface area contributed by atoms with Gasteiger partial charge in [0, 0.05) is 25.2 Å². The summed E-state index contributed by atoms with van der Waals surface area (Å²) < 4.78 is 1.75. The van der Waals surface area contributed by atoms with Crippen LogP contribution in [-0.2, 0) is 7.05 Å². The molecular formula is C9H15N3O. The maximum absolute atomic E-state index is 11.8. The van der Waals surface area contributed by atoms with Gasteiger partial charge >= 0.3 is 0 Å². The largest absolute Gasteiger partial charge is 0.340 e. The van der Waals surface area contributed by atoms with Crippen LogP contribution in [0.3, 0.4) is 0 Å². The number of hydrogen-bond donors (Lipinski definition) is 1. The molecule has 1 aromatic heterocycles. The Labute approximate surface area is 77.8 Å².